The Morgan fingerprint density at radius 2 is 2.19 bits per heavy atom. The molecule has 0 spiro atoms. The van der Waals surface area contributed by atoms with Gasteiger partial charge in [-0.2, -0.15) is 5.10 Å². The van der Waals surface area contributed by atoms with Crippen LogP contribution in [0.15, 0.2) is 40.9 Å². The highest BCUT2D eigenvalue weighted by atomic mass is 16.3. The minimum absolute atomic E-state index is 0.333. The second kappa shape index (κ2) is 3.34. The van der Waals surface area contributed by atoms with Gasteiger partial charge in [0.25, 0.3) is 0 Å². The van der Waals surface area contributed by atoms with Crippen molar-refractivity contribution in [3.05, 3.63) is 42.3 Å². The number of rotatable bonds is 2. The van der Waals surface area contributed by atoms with Crippen molar-refractivity contribution >= 4 is 17.2 Å². The van der Waals surface area contributed by atoms with Crippen LogP contribution in [0.2, 0.25) is 0 Å². The van der Waals surface area contributed by atoms with Crippen molar-refractivity contribution in [1.29, 1.82) is 0 Å². The third kappa shape index (κ3) is 1.32. The van der Waals surface area contributed by atoms with E-state index in [1.807, 2.05) is 18.2 Å². The highest BCUT2D eigenvalue weighted by molar-refractivity contribution is 5.83. The number of nitrogens with zero attached hydrogens (tertiary/aromatic N) is 1. The average Bonchev–Trinajstić information content (AvgIpc) is 2.96. The molecule has 2 aromatic heterocycles. The molecule has 0 atom stereocenters. The normalized spacial score (nSPS) is 10.8. The Morgan fingerprint density at radius 3 is 3.00 bits per heavy atom. The number of hydrogen-bond donors (Lipinski definition) is 1. The molecule has 0 radical (unpaired) electrons. The van der Waals surface area contributed by atoms with Gasteiger partial charge in [-0.25, -0.2) is 0 Å². The Balaban J connectivity index is 2.13. The largest absolute Gasteiger partial charge is 0.453 e. The van der Waals surface area contributed by atoms with Crippen molar-refractivity contribution in [3.63, 3.8) is 0 Å². The zero-order valence-corrected chi connectivity index (χ0v) is 8.31. The highest BCUT2D eigenvalue weighted by Gasteiger charge is 2.05. The number of aromatic amines is 1. The van der Waals surface area contributed by atoms with E-state index in [4.69, 9.17) is 4.42 Å². The van der Waals surface area contributed by atoms with E-state index >= 15 is 0 Å². The molecule has 0 saturated carbocycles. The third-order valence-electron chi connectivity index (χ3n) is 2.47. The molecule has 3 rings (SSSR count). The number of aromatic nitrogens is 2. The van der Waals surface area contributed by atoms with Crippen molar-refractivity contribution in [2.75, 3.05) is 0 Å². The third-order valence-corrected chi connectivity index (χ3v) is 2.47. The van der Waals surface area contributed by atoms with Crippen LogP contribution in [0, 0.1) is 0 Å². The number of aldehydes is 1. The minimum Gasteiger partial charge on any atom is -0.453 e. The summed E-state index contributed by atoms with van der Waals surface area (Å²) in [5, 5.41) is 7.88. The zero-order valence-electron chi connectivity index (χ0n) is 8.31. The van der Waals surface area contributed by atoms with Gasteiger partial charge < -0.3 is 4.42 Å². The Kier molecular flexibility index (Phi) is 1.86. The van der Waals surface area contributed by atoms with Crippen LogP contribution in [0.4, 0.5) is 0 Å². The summed E-state index contributed by atoms with van der Waals surface area (Å²) in [4.78, 5) is 10.5. The topological polar surface area (TPSA) is 58.9 Å². The molecule has 1 N–H and O–H groups in total. The van der Waals surface area contributed by atoms with E-state index in [1.165, 1.54) is 0 Å². The van der Waals surface area contributed by atoms with Gasteiger partial charge in [-0.15, -0.1) is 0 Å². The lowest BCUT2D eigenvalue weighted by Crippen LogP contribution is -1.75. The summed E-state index contributed by atoms with van der Waals surface area (Å²) in [5.74, 6) is 1.01. The molecule has 78 valence electrons. The molecule has 0 aliphatic rings. The van der Waals surface area contributed by atoms with Crippen LogP contribution in [0.3, 0.4) is 0 Å². The molecule has 0 unspecified atom stereocenters. The minimum atomic E-state index is 0.333. The van der Waals surface area contributed by atoms with Crippen LogP contribution >= 0.6 is 0 Å². The molecule has 3 aromatic rings. The van der Waals surface area contributed by atoms with E-state index in [0.29, 0.717) is 17.8 Å². The predicted molar refractivity (Wildman–Crippen MR) is 59.2 cm³/mol. The number of nitrogens with one attached hydrogen (secondary N) is 1. The number of carbonyl (C=O) groups is 1. The second-order valence-corrected chi connectivity index (χ2v) is 3.49. The molecule has 4 heteroatoms. The fraction of sp³-hybridized carbons (Fsp3) is 0. The maximum absolute atomic E-state index is 10.5. The maximum atomic E-state index is 10.5. The highest BCUT2D eigenvalue weighted by Crippen LogP contribution is 2.24. The van der Waals surface area contributed by atoms with E-state index in [1.54, 1.807) is 18.3 Å². The molecule has 0 amide bonds. The van der Waals surface area contributed by atoms with E-state index in [0.717, 1.165) is 16.5 Å². The average molecular weight is 212 g/mol. The van der Waals surface area contributed by atoms with E-state index in [-0.39, 0.29) is 0 Å². The molecular formula is C12H8N2O2. The van der Waals surface area contributed by atoms with Crippen LogP contribution in [0.1, 0.15) is 10.6 Å². The number of hydrogen-bond acceptors (Lipinski definition) is 3. The standard InChI is InChI=1S/C12H8N2O2/c15-7-10-3-4-12(16-10)8-1-2-9-6-13-14-11(9)5-8/h1-7H,(H,13,14). The fourth-order valence-corrected chi connectivity index (χ4v) is 1.66. The monoisotopic (exact) mass is 212 g/mol. The van der Waals surface area contributed by atoms with Gasteiger partial charge in [0.15, 0.2) is 12.0 Å². The van der Waals surface area contributed by atoms with Gasteiger partial charge in [0.1, 0.15) is 5.76 Å². The SMILES string of the molecule is O=Cc1ccc(-c2ccc3cn[nH]c3c2)o1. The number of fused-ring (bicyclic) bond motifs is 1. The second-order valence-electron chi connectivity index (χ2n) is 3.49. The number of H-pyrrole nitrogens is 1. The van der Waals surface area contributed by atoms with Crippen LogP contribution in [0.5, 0.6) is 0 Å². The van der Waals surface area contributed by atoms with E-state index in [9.17, 15) is 4.79 Å². The summed E-state index contributed by atoms with van der Waals surface area (Å²) in [7, 11) is 0. The molecule has 16 heavy (non-hydrogen) atoms. The summed E-state index contributed by atoms with van der Waals surface area (Å²) in [5.41, 5.74) is 1.87. The molecule has 0 aliphatic heterocycles. The predicted octanol–water partition coefficient (Wildman–Crippen LogP) is 2.64. The fourth-order valence-electron chi connectivity index (χ4n) is 1.66. The zero-order chi connectivity index (χ0) is 11.0. The first-order valence-electron chi connectivity index (χ1n) is 4.85. The molecule has 2 heterocycles. The number of carbonyl (C=O) groups excluding carboxylic acids is 1. The first kappa shape index (κ1) is 8.91. The van der Waals surface area contributed by atoms with Gasteiger partial charge in [-0.3, -0.25) is 9.89 Å². The summed E-state index contributed by atoms with van der Waals surface area (Å²) in [6, 6.07) is 9.26. The van der Waals surface area contributed by atoms with Crippen molar-refractivity contribution in [3.8, 4) is 11.3 Å². The lowest BCUT2D eigenvalue weighted by molar-refractivity contribution is 0.110. The maximum Gasteiger partial charge on any atom is 0.185 e. The summed E-state index contributed by atoms with van der Waals surface area (Å²) in [6.45, 7) is 0. The first-order chi connectivity index (χ1) is 7.86. The van der Waals surface area contributed by atoms with Gasteiger partial charge in [0, 0.05) is 10.9 Å². The number of benzene rings is 1. The molecule has 0 saturated heterocycles. The van der Waals surface area contributed by atoms with Gasteiger partial charge in [-0.05, 0) is 18.2 Å². The molecule has 0 fully saturated rings. The van der Waals surface area contributed by atoms with Gasteiger partial charge >= 0.3 is 0 Å². The van der Waals surface area contributed by atoms with Gasteiger partial charge in [-0.1, -0.05) is 12.1 Å². The van der Waals surface area contributed by atoms with Crippen molar-refractivity contribution in [2.45, 2.75) is 0 Å². The van der Waals surface area contributed by atoms with E-state index in [2.05, 4.69) is 10.2 Å². The van der Waals surface area contributed by atoms with E-state index < -0.39 is 0 Å². The van der Waals surface area contributed by atoms with Crippen molar-refractivity contribution in [2.24, 2.45) is 0 Å². The van der Waals surface area contributed by atoms with Gasteiger partial charge in [0.2, 0.25) is 0 Å². The Hall–Kier alpha value is -2.36. The molecule has 4 nitrogen and oxygen atoms in total. The lowest BCUT2D eigenvalue weighted by Gasteiger charge is -1.96. The summed E-state index contributed by atoms with van der Waals surface area (Å²) >= 11 is 0. The molecule has 1 aromatic carbocycles. The number of furan rings is 1. The van der Waals surface area contributed by atoms with Crippen LogP contribution in [0.25, 0.3) is 22.2 Å². The summed E-state index contributed by atoms with van der Waals surface area (Å²) < 4.78 is 5.34. The smallest absolute Gasteiger partial charge is 0.185 e. The Labute approximate surface area is 90.9 Å². The molecule has 0 aliphatic carbocycles. The Morgan fingerprint density at radius 1 is 1.25 bits per heavy atom. The summed E-state index contributed by atoms with van der Waals surface area (Å²) in [6.07, 6.45) is 2.45. The van der Waals surface area contributed by atoms with Crippen LogP contribution in [-0.4, -0.2) is 16.5 Å². The first-order valence-corrected chi connectivity index (χ1v) is 4.85. The molecule has 0 bridgehead atoms. The van der Waals surface area contributed by atoms with Crippen LogP contribution < -0.4 is 0 Å². The van der Waals surface area contributed by atoms with Crippen LogP contribution in [-0.2, 0) is 0 Å². The quantitative estimate of drug-likeness (QED) is 0.664. The Bertz CT molecular complexity index is 652. The lowest BCUT2D eigenvalue weighted by atomic mass is 10.1. The molecular weight excluding hydrogens is 204 g/mol. The van der Waals surface area contributed by atoms with Gasteiger partial charge in [0.05, 0.1) is 11.7 Å². The van der Waals surface area contributed by atoms with Crippen molar-refractivity contribution < 1.29 is 9.21 Å². The van der Waals surface area contributed by atoms with Crippen molar-refractivity contribution in [1.82, 2.24) is 10.2 Å².